The van der Waals surface area contributed by atoms with E-state index >= 15 is 0 Å². The summed E-state index contributed by atoms with van der Waals surface area (Å²) in [7, 11) is 0. The van der Waals surface area contributed by atoms with Crippen LogP contribution in [0.25, 0.3) is 0 Å². The first kappa shape index (κ1) is 13.9. The van der Waals surface area contributed by atoms with E-state index in [0.717, 1.165) is 18.7 Å². The predicted octanol–water partition coefficient (Wildman–Crippen LogP) is 2.53. The number of aromatic amines is 1. The molecule has 2 atom stereocenters. The third-order valence-electron chi connectivity index (χ3n) is 4.30. The van der Waals surface area contributed by atoms with E-state index in [1.54, 1.807) is 6.92 Å². The normalized spacial score (nSPS) is 17.4. The van der Waals surface area contributed by atoms with E-state index < -0.39 is 0 Å². The Morgan fingerprint density at radius 2 is 2.10 bits per heavy atom. The number of nitrogens with one attached hydrogen (secondary N) is 1. The number of tetrazole rings is 1. The molecule has 1 heterocycles. The Balaban J connectivity index is 1.85. The van der Waals surface area contributed by atoms with E-state index in [4.69, 9.17) is 0 Å². The minimum Gasteiger partial charge on any atom is -0.300 e. The quantitative estimate of drug-likeness (QED) is 0.848. The van der Waals surface area contributed by atoms with Crippen LogP contribution in [0.15, 0.2) is 30.3 Å². The van der Waals surface area contributed by atoms with Crippen LogP contribution in [0, 0.1) is 11.8 Å². The number of benzene rings is 1. The maximum Gasteiger partial charge on any atom is 0.152 e. The fourth-order valence-corrected chi connectivity index (χ4v) is 2.95. The van der Waals surface area contributed by atoms with E-state index in [9.17, 15) is 4.79 Å². The first-order valence-corrected chi connectivity index (χ1v) is 7.52. The molecular weight excluding hydrogens is 264 g/mol. The van der Waals surface area contributed by atoms with Crippen LogP contribution in [0.3, 0.4) is 0 Å². The zero-order valence-electron chi connectivity index (χ0n) is 12.2. The van der Waals surface area contributed by atoms with Crippen LogP contribution >= 0.6 is 0 Å². The molecule has 1 saturated carbocycles. The van der Waals surface area contributed by atoms with Gasteiger partial charge in [0, 0.05) is 11.8 Å². The van der Waals surface area contributed by atoms with Gasteiger partial charge in [-0.25, -0.2) is 5.10 Å². The van der Waals surface area contributed by atoms with Crippen molar-refractivity contribution in [2.45, 2.75) is 38.5 Å². The molecule has 1 aliphatic rings. The van der Waals surface area contributed by atoms with Crippen LogP contribution in [-0.2, 0) is 11.2 Å². The van der Waals surface area contributed by atoms with Gasteiger partial charge in [-0.15, -0.1) is 5.10 Å². The standard InChI is InChI=1S/C16H20N4O/c1-11(21)14(9-13-7-8-13)15(16-17-19-20-18-16)10-12-5-3-2-4-6-12/h2-6,13-15H,7-10H2,1H3,(H,17,18,19,20)/t14-,15+/m1/s1. The van der Waals surface area contributed by atoms with Crippen molar-refractivity contribution in [2.75, 3.05) is 0 Å². The van der Waals surface area contributed by atoms with Crippen LogP contribution in [0.1, 0.15) is 43.5 Å². The molecule has 5 nitrogen and oxygen atoms in total. The van der Waals surface area contributed by atoms with Gasteiger partial charge in [-0.1, -0.05) is 43.2 Å². The van der Waals surface area contributed by atoms with Crippen molar-refractivity contribution in [3.63, 3.8) is 0 Å². The van der Waals surface area contributed by atoms with E-state index in [-0.39, 0.29) is 17.6 Å². The van der Waals surface area contributed by atoms with Crippen LogP contribution < -0.4 is 0 Å². The molecule has 110 valence electrons. The summed E-state index contributed by atoms with van der Waals surface area (Å²) in [5, 5.41) is 14.3. The maximum absolute atomic E-state index is 12.2. The molecule has 1 aromatic heterocycles. The summed E-state index contributed by atoms with van der Waals surface area (Å²) in [5.41, 5.74) is 1.21. The van der Waals surface area contributed by atoms with Gasteiger partial charge in [0.15, 0.2) is 5.82 Å². The third kappa shape index (κ3) is 3.54. The largest absolute Gasteiger partial charge is 0.300 e. The Labute approximate surface area is 124 Å². The first-order valence-electron chi connectivity index (χ1n) is 7.52. The van der Waals surface area contributed by atoms with Crippen molar-refractivity contribution in [1.82, 2.24) is 20.6 Å². The van der Waals surface area contributed by atoms with E-state index in [0.29, 0.717) is 5.92 Å². The highest BCUT2D eigenvalue weighted by atomic mass is 16.1. The number of hydrogen-bond donors (Lipinski definition) is 1. The average Bonchev–Trinajstić information content (AvgIpc) is 3.14. The van der Waals surface area contributed by atoms with E-state index in [2.05, 4.69) is 32.8 Å². The molecule has 5 heteroatoms. The second-order valence-corrected chi connectivity index (χ2v) is 5.98. The summed E-state index contributed by atoms with van der Waals surface area (Å²) in [6.07, 6.45) is 4.23. The number of ketones is 1. The van der Waals surface area contributed by atoms with Crippen molar-refractivity contribution >= 4 is 5.78 Å². The van der Waals surface area contributed by atoms with Gasteiger partial charge in [0.1, 0.15) is 5.78 Å². The molecule has 0 saturated heterocycles. The maximum atomic E-state index is 12.2. The number of H-pyrrole nitrogens is 1. The SMILES string of the molecule is CC(=O)[C@@H](CC1CC1)[C@H](Cc1ccccc1)c1nnn[nH]1. The Hall–Kier alpha value is -2.04. The van der Waals surface area contributed by atoms with Crippen molar-refractivity contribution in [2.24, 2.45) is 11.8 Å². The van der Waals surface area contributed by atoms with Gasteiger partial charge in [-0.3, -0.25) is 4.79 Å². The second-order valence-electron chi connectivity index (χ2n) is 5.98. The molecule has 0 spiro atoms. The molecule has 3 rings (SSSR count). The molecule has 1 fully saturated rings. The Bertz CT molecular complexity index is 578. The summed E-state index contributed by atoms with van der Waals surface area (Å²) < 4.78 is 0. The topological polar surface area (TPSA) is 71.5 Å². The lowest BCUT2D eigenvalue weighted by atomic mass is 9.80. The van der Waals surface area contributed by atoms with Crippen molar-refractivity contribution in [3.8, 4) is 0 Å². The van der Waals surface area contributed by atoms with Gasteiger partial charge in [0.05, 0.1) is 0 Å². The number of rotatable bonds is 7. The zero-order valence-corrected chi connectivity index (χ0v) is 12.2. The van der Waals surface area contributed by atoms with E-state index in [1.165, 1.54) is 18.4 Å². The van der Waals surface area contributed by atoms with Crippen molar-refractivity contribution in [3.05, 3.63) is 41.7 Å². The van der Waals surface area contributed by atoms with E-state index in [1.807, 2.05) is 18.2 Å². The van der Waals surface area contributed by atoms with Crippen molar-refractivity contribution < 1.29 is 4.79 Å². The number of hydrogen-bond acceptors (Lipinski definition) is 4. The lowest BCUT2D eigenvalue weighted by molar-refractivity contribution is -0.121. The molecule has 2 aromatic rings. The smallest absolute Gasteiger partial charge is 0.152 e. The van der Waals surface area contributed by atoms with Gasteiger partial charge in [-0.05, 0) is 41.7 Å². The molecule has 1 N–H and O–H groups in total. The molecule has 0 bridgehead atoms. The monoisotopic (exact) mass is 284 g/mol. The third-order valence-corrected chi connectivity index (χ3v) is 4.30. The molecule has 1 aromatic carbocycles. The van der Waals surface area contributed by atoms with Crippen LogP contribution in [-0.4, -0.2) is 26.4 Å². The number of nitrogens with zero attached hydrogens (tertiary/aromatic N) is 3. The minimum atomic E-state index is -0.00699. The fraction of sp³-hybridized carbons (Fsp3) is 0.500. The fourth-order valence-electron chi connectivity index (χ4n) is 2.95. The molecule has 0 amide bonds. The number of aromatic nitrogens is 4. The average molecular weight is 284 g/mol. The molecule has 0 aliphatic heterocycles. The van der Waals surface area contributed by atoms with Gasteiger partial charge in [0.2, 0.25) is 0 Å². The van der Waals surface area contributed by atoms with Gasteiger partial charge in [-0.2, -0.15) is 0 Å². The molecule has 1 aliphatic carbocycles. The van der Waals surface area contributed by atoms with Gasteiger partial charge < -0.3 is 0 Å². The van der Waals surface area contributed by atoms with Crippen LogP contribution in [0.4, 0.5) is 0 Å². The number of carbonyl (C=O) groups is 1. The lowest BCUT2D eigenvalue weighted by Crippen LogP contribution is -2.24. The summed E-state index contributed by atoms with van der Waals surface area (Å²) in [5.74, 6) is 1.68. The summed E-state index contributed by atoms with van der Waals surface area (Å²) in [4.78, 5) is 12.2. The highest BCUT2D eigenvalue weighted by molar-refractivity contribution is 5.79. The minimum absolute atomic E-state index is 0.00699. The molecular formula is C16H20N4O. The number of carbonyl (C=O) groups excluding carboxylic acids is 1. The summed E-state index contributed by atoms with van der Waals surface area (Å²) >= 11 is 0. The Kier molecular flexibility index (Phi) is 4.08. The predicted molar refractivity (Wildman–Crippen MR) is 78.6 cm³/mol. The van der Waals surface area contributed by atoms with Crippen LogP contribution in [0.2, 0.25) is 0 Å². The second kappa shape index (κ2) is 6.16. The Morgan fingerprint density at radius 1 is 1.33 bits per heavy atom. The Morgan fingerprint density at radius 3 is 2.67 bits per heavy atom. The van der Waals surface area contributed by atoms with Crippen molar-refractivity contribution in [1.29, 1.82) is 0 Å². The summed E-state index contributed by atoms with van der Waals surface area (Å²) in [6, 6.07) is 10.2. The first-order chi connectivity index (χ1) is 10.2. The zero-order chi connectivity index (χ0) is 14.7. The lowest BCUT2D eigenvalue weighted by Gasteiger charge is -2.23. The summed E-state index contributed by atoms with van der Waals surface area (Å²) in [6.45, 7) is 1.69. The molecule has 21 heavy (non-hydrogen) atoms. The molecule has 0 unspecified atom stereocenters. The number of Topliss-reactive ketones (excluding diaryl/α,β-unsaturated/α-hetero) is 1. The molecule has 0 radical (unpaired) electrons. The van der Waals surface area contributed by atoms with Crippen LogP contribution in [0.5, 0.6) is 0 Å². The highest BCUT2D eigenvalue weighted by Crippen LogP contribution is 2.40. The van der Waals surface area contributed by atoms with Gasteiger partial charge in [0.25, 0.3) is 0 Å². The highest BCUT2D eigenvalue weighted by Gasteiger charge is 2.35. The van der Waals surface area contributed by atoms with Gasteiger partial charge >= 0.3 is 0 Å².